The van der Waals surface area contributed by atoms with Gasteiger partial charge in [-0.15, -0.1) is 0 Å². The smallest absolute Gasteiger partial charge is 0.303 e. The van der Waals surface area contributed by atoms with Crippen molar-refractivity contribution < 1.29 is 75.8 Å². The second-order valence-electron chi connectivity index (χ2n) is 17.3. The number of hydrogen-bond acceptors (Lipinski definition) is 16. The Morgan fingerprint density at radius 2 is 1.37 bits per heavy atom. The number of carboxylic acids is 1. The van der Waals surface area contributed by atoms with Gasteiger partial charge in [-0.2, -0.15) is 4.58 Å². The molecule has 1 atom stereocenters. The van der Waals surface area contributed by atoms with Crippen LogP contribution in [0.4, 0.5) is 11.4 Å². The minimum absolute atomic E-state index is 0.0216. The topological polar surface area (TPSA) is 291 Å². The zero-order valence-electron chi connectivity index (χ0n) is 37.4. The molecule has 0 amide bonds. The number of nitrogens with zero attached hydrogens (tertiary/aromatic N) is 2. The normalized spacial score (nSPS) is 18.2. The molecule has 67 heavy (non-hydrogen) atoms. The van der Waals surface area contributed by atoms with E-state index in [-0.39, 0.29) is 65.6 Å². The third-order valence-electron chi connectivity index (χ3n) is 12.5. The first-order valence-corrected chi connectivity index (χ1v) is 27.0. The minimum Gasteiger partial charge on any atom is -0.748 e. The predicted molar refractivity (Wildman–Crippen MR) is 244 cm³/mol. The van der Waals surface area contributed by atoms with Crippen molar-refractivity contribution in [2.75, 3.05) is 51.2 Å². The molecule has 0 fully saturated rings. The molecule has 0 radical (unpaired) electrons. The Labute approximate surface area is 390 Å². The molecule has 364 valence electrons. The third-order valence-corrected chi connectivity index (χ3v) is 15.9. The Morgan fingerprint density at radius 1 is 0.746 bits per heavy atom. The lowest BCUT2D eigenvalue weighted by Crippen LogP contribution is -2.31. The Hall–Kier alpha value is -4.62. The highest BCUT2D eigenvalue weighted by Gasteiger charge is 2.47. The van der Waals surface area contributed by atoms with E-state index in [4.69, 9.17) is 9.47 Å². The highest BCUT2D eigenvalue weighted by Crippen LogP contribution is 2.54. The number of benzene rings is 4. The van der Waals surface area contributed by atoms with Crippen LogP contribution in [0.5, 0.6) is 0 Å². The molecule has 22 heteroatoms. The lowest BCUT2D eigenvalue weighted by Gasteiger charge is -2.31. The van der Waals surface area contributed by atoms with Gasteiger partial charge in [0.1, 0.15) is 36.9 Å². The molecule has 6 rings (SSSR count). The average Bonchev–Trinajstić information content (AvgIpc) is 3.58. The number of fused-ring (bicyclic) bond motifs is 6. The van der Waals surface area contributed by atoms with Crippen molar-refractivity contribution in [2.24, 2.45) is 0 Å². The van der Waals surface area contributed by atoms with E-state index < -0.39 is 72.8 Å². The quantitative estimate of drug-likeness (QED) is 0.0645. The van der Waals surface area contributed by atoms with Crippen molar-refractivity contribution in [3.8, 4) is 0 Å². The van der Waals surface area contributed by atoms with Gasteiger partial charge in [0.2, 0.25) is 5.69 Å². The Morgan fingerprint density at radius 3 is 1.97 bits per heavy atom. The molecule has 2 heterocycles. The summed E-state index contributed by atoms with van der Waals surface area (Å²) < 4.78 is 162. The number of carboxylic acid groups (broad SMARTS) is 1. The molecule has 4 aromatic carbocycles. The van der Waals surface area contributed by atoms with E-state index in [2.05, 4.69) is 0 Å². The van der Waals surface area contributed by atoms with Crippen LogP contribution in [0, 0.1) is 0 Å². The molecule has 0 spiro atoms. The maximum Gasteiger partial charge on any atom is 0.303 e. The summed E-state index contributed by atoms with van der Waals surface area (Å²) in [4.78, 5) is 10.8. The molecular formula is C45H51N2O16S4-3. The summed E-state index contributed by atoms with van der Waals surface area (Å²) in [6, 6.07) is 10.9. The second-order valence-corrected chi connectivity index (χ2v) is 22.9. The monoisotopic (exact) mass is 1000 g/mol. The molecular weight excluding hydrogens is 953 g/mol. The lowest BCUT2D eigenvalue weighted by molar-refractivity contribution is -0.438. The van der Waals surface area contributed by atoms with Gasteiger partial charge < -0.3 is 37.7 Å². The largest absolute Gasteiger partial charge is 0.748 e. The number of hydrogen-bond donors (Lipinski definition) is 1. The van der Waals surface area contributed by atoms with E-state index in [1.54, 1.807) is 36.1 Å². The molecule has 1 N–H and O–H groups in total. The SMILES string of the molecule is COCCc1cc(S(=O)(=O)[O-])c2ccc3c(c2c1)C(C)(C)C(/C=C/C=C1/N(CCOC)c2ccc4c(S(=O)(=O)[O-])cc(S(=O)(=O)[O-])cc4c2C1(C)CCCS(=O)(=O)[O-])=[N+]3CCCCCC(=O)O. The first-order valence-electron chi connectivity index (χ1n) is 21.2. The van der Waals surface area contributed by atoms with E-state index in [9.17, 15) is 61.8 Å². The van der Waals surface area contributed by atoms with E-state index in [0.717, 1.165) is 23.0 Å². The van der Waals surface area contributed by atoms with Gasteiger partial charge in [-0.25, -0.2) is 33.7 Å². The first kappa shape index (κ1) is 51.8. The van der Waals surface area contributed by atoms with E-state index in [1.807, 2.05) is 30.6 Å². The molecule has 2 aliphatic heterocycles. The highest BCUT2D eigenvalue weighted by molar-refractivity contribution is 7.87. The number of ether oxygens (including phenoxy) is 2. The average molecular weight is 1000 g/mol. The number of rotatable bonds is 21. The standard InChI is InChI=1S/C45H54N2O16S4/c1-44(2)39(46(20-8-6-7-13-41(48)49)35-16-14-31-33(42(35)44)25-29(18-22-62-4)26-37(31)66(56,57)58)11-9-12-40-45(3,19-10-24-64(50,51)52)43-34-27-30(65(53,54)55)28-38(67(59,60)61)32(34)15-17-36(43)47(40)21-23-63-5/h9,11-12,14-17,25-28H,6-8,10,13,18-24H2,1-5H3,(H4-,48,49,50,51,52,53,54,55,56,57,58,59,60,61)/p-3. The van der Waals surface area contributed by atoms with Crippen LogP contribution >= 0.6 is 0 Å². The summed E-state index contributed by atoms with van der Waals surface area (Å²) in [5.41, 5.74) is 1.65. The first-order chi connectivity index (χ1) is 31.1. The van der Waals surface area contributed by atoms with Gasteiger partial charge >= 0.3 is 5.97 Å². The third kappa shape index (κ3) is 10.8. The fourth-order valence-electron chi connectivity index (χ4n) is 9.61. The van der Waals surface area contributed by atoms with Gasteiger partial charge in [-0.1, -0.05) is 18.2 Å². The van der Waals surface area contributed by atoms with E-state index in [0.29, 0.717) is 60.6 Å². The van der Waals surface area contributed by atoms with Gasteiger partial charge in [-0.05, 0) is 122 Å². The summed E-state index contributed by atoms with van der Waals surface area (Å²) in [5.74, 6) is -1.71. The number of allylic oxidation sites excluding steroid dienone is 4. The van der Waals surface area contributed by atoms with Crippen molar-refractivity contribution in [2.45, 2.75) is 91.2 Å². The van der Waals surface area contributed by atoms with Gasteiger partial charge in [0.05, 0.1) is 43.4 Å². The van der Waals surface area contributed by atoms with Crippen LogP contribution < -0.4 is 4.90 Å². The van der Waals surface area contributed by atoms with Crippen LogP contribution in [0.2, 0.25) is 0 Å². The van der Waals surface area contributed by atoms with Gasteiger partial charge in [0.25, 0.3) is 0 Å². The Kier molecular flexibility index (Phi) is 15.0. The van der Waals surface area contributed by atoms with E-state index in [1.165, 1.54) is 32.4 Å². The zero-order chi connectivity index (χ0) is 49.5. The fraction of sp³-hybridized carbons (Fsp3) is 0.422. The number of carbonyl (C=O) groups is 1. The summed E-state index contributed by atoms with van der Waals surface area (Å²) in [5, 5.41) is 9.78. The summed E-state index contributed by atoms with van der Waals surface area (Å²) in [6.45, 7) is 6.50. The maximum atomic E-state index is 12.7. The predicted octanol–water partition coefficient (Wildman–Crippen LogP) is 5.11. The number of anilines is 1. The fourth-order valence-corrected chi connectivity index (χ4v) is 12.2. The van der Waals surface area contributed by atoms with Gasteiger partial charge in [0, 0.05) is 73.9 Å². The molecule has 4 aromatic rings. The molecule has 0 saturated heterocycles. The molecule has 2 aliphatic rings. The molecule has 18 nitrogen and oxygen atoms in total. The molecule has 0 saturated carbocycles. The van der Waals surface area contributed by atoms with Crippen molar-refractivity contribution in [1.82, 2.24) is 0 Å². The van der Waals surface area contributed by atoms with Crippen LogP contribution in [-0.2, 0) is 72.0 Å². The molecule has 1 unspecified atom stereocenters. The van der Waals surface area contributed by atoms with Gasteiger partial charge in [-0.3, -0.25) is 4.79 Å². The molecule has 0 aromatic heterocycles. The van der Waals surface area contributed by atoms with Crippen molar-refractivity contribution in [3.63, 3.8) is 0 Å². The van der Waals surface area contributed by atoms with Crippen molar-refractivity contribution >= 4 is 85.1 Å². The van der Waals surface area contributed by atoms with Crippen LogP contribution in [0.3, 0.4) is 0 Å². The van der Waals surface area contributed by atoms with Crippen molar-refractivity contribution in [1.29, 1.82) is 0 Å². The second kappa shape index (κ2) is 19.4. The molecule has 0 aliphatic carbocycles. The van der Waals surface area contributed by atoms with Crippen LogP contribution in [-0.4, -0.2) is 120 Å². The van der Waals surface area contributed by atoms with Crippen LogP contribution in [0.15, 0.2) is 87.1 Å². The van der Waals surface area contributed by atoms with Crippen molar-refractivity contribution in [3.05, 3.63) is 89.1 Å². The summed E-state index contributed by atoms with van der Waals surface area (Å²) in [6.07, 6.45) is 6.85. The number of methoxy groups -OCH3 is 2. The summed E-state index contributed by atoms with van der Waals surface area (Å²) >= 11 is 0. The Bertz CT molecular complexity index is 3200. The minimum atomic E-state index is -5.37. The summed E-state index contributed by atoms with van der Waals surface area (Å²) in [7, 11) is -17.4. The lowest BCUT2D eigenvalue weighted by atomic mass is 9.75. The number of aliphatic carboxylic acids is 1. The maximum absolute atomic E-state index is 12.7. The molecule has 0 bridgehead atoms. The van der Waals surface area contributed by atoms with Crippen LogP contribution in [0.1, 0.15) is 76.0 Å². The van der Waals surface area contributed by atoms with Crippen LogP contribution in [0.25, 0.3) is 21.5 Å². The van der Waals surface area contributed by atoms with Gasteiger partial charge in [0.15, 0.2) is 5.71 Å². The highest BCUT2D eigenvalue weighted by atomic mass is 32.2. The zero-order valence-corrected chi connectivity index (χ0v) is 40.7. The van der Waals surface area contributed by atoms with E-state index >= 15 is 0 Å². The Balaban J connectivity index is 1.60. The number of unbranched alkanes of at least 4 members (excludes halogenated alkanes) is 2.